The van der Waals surface area contributed by atoms with Crippen LogP contribution in [0.2, 0.25) is 0 Å². The van der Waals surface area contributed by atoms with Crippen LogP contribution in [0.15, 0.2) is 48.5 Å². The van der Waals surface area contributed by atoms with Crippen molar-refractivity contribution in [3.05, 3.63) is 59.7 Å². The van der Waals surface area contributed by atoms with Crippen LogP contribution in [0.1, 0.15) is 41.0 Å². The summed E-state index contributed by atoms with van der Waals surface area (Å²) in [4.78, 5) is 24.4. The normalized spacial score (nSPS) is 11.5. The Kier molecular flexibility index (Phi) is 5.95. The summed E-state index contributed by atoms with van der Waals surface area (Å²) < 4.78 is 5.21. The fourth-order valence-corrected chi connectivity index (χ4v) is 2.12. The lowest BCUT2D eigenvalue weighted by atomic mass is 10.1. The second-order valence-electron chi connectivity index (χ2n) is 5.51. The number of methoxy groups -OCH3 is 1. The van der Waals surface area contributed by atoms with Crippen molar-refractivity contribution in [2.45, 2.75) is 26.3 Å². The minimum absolute atomic E-state index is 0.117. The first kappa shape index (κ1) is 17.5. The van der Waals surface area contributed by atoms with E-state index in [0.29, 0.717) is 22.6 Å². The summed E-state index contributed by atoms with van der Waals surface area (Å²) in [6, 6.07) is 13.9. The number of hydrogen-bond donors (Lipinski definition) is 2. The molecule has 24 heavy (non-hydrogen) atoms. The number of para-hydroxylation sites is 2. The Morgan fingerprint density at radius 1 is 1.00 bits per heavy atom. The molecule has 0 aromatic heterocycles. The van der Waals surface area contributed by atoms with Crippen LogP contribution in [-0.4, -0.2) is 25.0 Å². The molecule has 0 radical (unpaired) electrons. The lowest BCUT2D eigenvalue weighted by molar-refractivity contribution is 0.0937. The highest BCUT2D eigenvalue weighted by Gasteiger charge is 2.12. The molecular weight excluding hydrogens is 304 g/mol. The van der Waals surface area contributed by atoms with E-state index in [1.807, 2.05) is 26.0 Å². The molecule has 0 aliphatic carbocycles. The number of anilines is 1. The van der Waals surface area contributed by atoms with Gasteiger partial charge in [-0.25, -0.2) is 0 Å². The quantitative estimate of drug-likeness (QED) is 0.854. The van der Waals surface area contributed by atoms with Gasteiger partial charge in [0, 0.05) is 17.2 Å². The topological polar surface area (TPSA) is 67.4 Å². The highest BCUT2D eigenvalue weighted by atomic mass is 16.5. The van der Waals surface area contributed by atoms with E-state index in [4.69, 9.17) is 4.74 Å². The number of amides is 2. The van der Waals surface area contributed by atoms with Crippen LogP contribution in [0.5, 0.6) is 5.75 Å². The number of carbonyl (C=O) groups excluding carboxylic acids is 2. The van der Waals surface area contributed by atoms with Crippen molar-refractivity contribution in [2.75, 3.05) is 12.4 Å². The molecule has 1 unspecified atom stereocenters. The maximum Gasteiger partial charge on any atom is 0.255 e. The van der Waals surface area contributed by atoms with E-state index in [9.17, 15) is 9.59 Å². The smallest absolute Gasteiger partial charge is 0.255 e. The Morgan fingerprint density at radius 2 is 1.58 bits per heavy atom. The second kappa shape index (κ2) is 8.15. The number of ether oxygens (including phenoxy) is 1. The van der Waals surface area contributed by atoms with Gasteiger partial charge in [0.25, 0.3) is 11.8 Å². The zero-order valence-corrected chi connectivity index (χ0v) is 14.1. The van der Waals surface area contributed by atoms with Gasteiger partial charge in [-0.1, -0.05) is 19.1 Å². The van der Waals surface area contributed by atoms with Gasteiger partial charge in [0.1, 0.15) is 5.75 Å². The van der Waals surface area contributed by atoms with Gasteiger partial charge in [0.05, 0.1) is 12.8 Å². The van der Waals surface area contributed by atoms with Crippen LogP contribution in [0.3, 0.4) is 0 Å². The van der Waals surface area contributed by atoms with Crippen molar-refractivity contribution >= 4 is 17.5 Å². The summed E-state index contributed by atoms with van der Waals surface area (Å²) in [7, 11) is 1.55. The van der Waals surface area contributed by atoms with Crippen LogP contribution in [0, 0.1) is 0 Å². The number of hydrogen-bond acceptors (Lipinski definition) is 3. The van der Waals surface area contributed by atoms with E-state index in [0.717, 1.165) is 6.42 Å². The van der Waals surface area contributed by atoms with E-state index >= 15 is 0 Å². The molecular formula is C19H22N2O3. The van der Waals surface area contributed by atoms with Gasteiger partial charge in [-0.2, -0.15) is 0 Å². The Labute approximate surface area is 142 Å². The molecule has 0 fully saturated rings. The molecule has 126 valence electrons. The first-order valence-electron chi connectivity index (χ1n) is 7.90. The third-order valence-electron chi connectivity index (χ3n) is 3.75. The number of carbonyl (C=O) groups is 2. The van der Waals surface area contributed by atoms with Crippen LogP contribution in [0.4, 0.5) is 5.69 Å². The summed E-state index contributed by atoms with van der Waals surface area (Å²) in [5.74, 6) is 0.199. The predicted octanol–water partition coefficient (Wildman–Crippen LogP) is 3.48. The van der Waals surface area contributed by atoms with E-state index in [-0.39, 0.29) is 17.9 Å². The molecule has 2 N–H and O–H groups in total. The molecule has 2 rings (SSSR count). The maximum absolute atomic E-state index is 12.3. The van der Waals surface area contributed by atoms with Crippen LogP contribution in [-0.2, 0) is 0 Å². The van der Waals surface area contributed by atoms with Gasteiger partial charge in [-0.15, -0.1) is 0 Å². The van der Waals surface area contributed by atoms with E-state index < -0.39 is 0 Å². The SMILES string of the molecule is CCC(C)NC(=O)c1ccc(C(=O)Nc2ccccc2OC)cc1. The largest absolute Gasteiger partial charge is 0.495 e. The van der Waals surface area contributed by atoms with E-state index in [2.05, 4.69) is 10.6 Å². The van der Waals surface area contributed by atoms with Crippen molar-refractivity contribution < 1.29 is 14.3 Å². The molecule has 2 aromatic carbocycles. The van der Waals surface area contributed by atoms with E-state index in [1.54, 1.807) is 43.5 Å². The molecule has 5 heteroatoms. The van der Waals surface area contributed by atoms with Gasteiger partial charge < -0.3 is 15.4 Å². The van der Waals surface area contributed by atoms with Crippen LogP contribution < -0.4 is 15.4 Å². The van der Waals surface area contributed by atoms with Crippen molar-refractivity contribution in [2.24, 2.45) is 0 Å². The molecule has 0 bridgehead atoms. The molecule has 0 spiro atoms. The van der Waals surface area contributed by atoms with E-state index in [1.165, 1.54) is 0 Å². The average molecular weight is 326 g/mol. The maximum atomic E-state index is 12.3. The zero-order valence-electron chi connectivity index (χ0n) is 14.1. The molecule has 0 aliphatic rings. The molecule has 0 heterocycles. The molecule has 5 nitrogen and oxygen atoms in total. The number of rotatable bonds is 6. The minimum Gasteiger partial charge on any atom is -0.495 e. The number of benzene rings is 2. The molecule has 0 saturated heterocycles. The number of nitrogens with one attached hydrogen (secondary N) is 2. The van der Waals surface area contributed by atoms with Gasteiger partial charge in [0.15, 0.2) is 0 Å². The summed E-state index contributed by atoms with van der Waals surface area (Å²) in [6.45, 7) is 3.96. The predicted molar refractivity (Wildman–Crippen MR) is 94.6 cm³/mol. The summed E-state index contributed by atoms with van der Waals surface area (Å²) >= 11 is 0. The third-order valence-corrected chi connectivity index (χ3v) is 3.75. The molecule has 2 amide bonds. The monoisotopic (exact) mass is 326 g/mol. The first-order chi connectivity index (χ1) is 11.5. The molecule has 2 aromatic rings. The second-order valence-corrected chi connectivity index (χ2v) is 5.51. The van der Waals surface area contributed by atoms with Crippen molar-refractivity contribution in [3.8, 4) is 5.75 Å². The fourth-order valence-electron chi connectivity index (χ4n) is 2.12. The lowest BCUT2D eigenvalue weighted by Gasteiger charge is -2.12. The Hall–Kier alpha value is -2.82. The molecule has 0 aliphatic heterocycles. The van der Waals surface area contributed by atoms with Gasteiger partial charge in [-0.3, -0.25) is 9.59 Å². The molecule has 0 saturated carbocycles. The molecule has 1 atom stereocenters. The fraction of sp³-hybridized carbons (Fsp3) is 0.263. The standard InChI is InChI=1S/C19H22N2O3/c1-4-13(2)20-18(22)14-9-11-15(12-10-14)19(23)21-16-7-5-6-8-17(16)24-3/h5-13H,4H2,1-3H3,(H,20,22)(H,21,23). The lowest BCUT2D eigenvalue weighted by Crippen LogP contribution is -2.31. The van der Waals surface area contributed by atoms with Crippen molar-refractivity contribution in [1.29, 1.82) is 0 Å². The Morgan fingerprint density at radius 3 is 2.17 bits per heavy atom. The van der Waals surface area contributed by atoms with Crippen molar-refractivity contribution in [1.82, 2.24) is 5.32 Å². The average Bonchev–Trinajstić information content (AvgIpc) is 2.62. The highest BCUT2D eigenvalue weighted by molar-refractivity contribution is 6.05. The Bertz CT molecular complexity index is 711. The minimum atomic E-state index is -0.256. The van der Waals surface area contributed by atoms with Crippen LogP contribution >= 0.6 is 0 Å². The Balaban J connectivity index is 2.07. The van der Waals surface area contributed by atoms with Crippen LogP contribution in [0.25, 0.3) is 0 Å². The van der Waals surface area contributed by atoms with Gasteiger partial charge in [-0.05, 0) is 49.7 Å². The first-order valence-corrected chi connectivity index (χ1v) is 7.90. The zero-order chi connectivity index (χ0) is 17.5. The summed E-state index contributed by atoms with van der Waals surface area (Å²) in [5, 5.41) is 5.70. The third kappa shape index (κ3) is 4.35. The highest BCUT2D eigenvalue weighted by Crippen LogP contribution is 2.23. The summed E-state index contributed by atoms with van der Waals surface area (Å²) in [6.07, 6.45) is 0.866. The van der Waals surface area contributed by atoms with Crippen molar-refractivity contribution in [3.63, 3.8) is 0 Å². The van der Waals surface area contributed by atoms with Gasteiger partial charge in [0.2, 0.25) is 0 Å². The summed E-state index contributed by atoms with van der Waals surface area (Å²) in [5.41, 5.74) is 1.61. The van der Waals surface area contributed by atoms with Gasteiger partial charge >= 0.3 is 0 Å².